The minimum atomic E-state index is -0.375. The standard InChI is InChI=1S/C13H26N4O2/c1-3-5-11(14)13(19)17-8-6-16(7-9-17)10-12(18)15-4-2/h11H,3-10,14H2,1-2H3,(H,15,18)/t11-/m0/s1. The van der Waals surface area contributed by atoms with Gasteiger partial charge < -0.3 is 16.0 Å². The summed E-state index contributed by atoms with van der Waals surface area (Å²) in [4.78, 5) is 27.4. The molecule has 1 saturated heterocycles. The summed E-state index contributed by atoms with van der Waals surface area (Å²) in [5.74, 6) is 0.0875. The number of carbonyl (C=O) groups is 2. The maximum Gasteiger partial charge on any atom is 0.239 e. The Hall–Kier alpha value is -1.14. The molecule has 1 fully saturated rings. The highest BCUT2D eigenvalue weighted by Gasteiger charge is 2.25. The van der Waals surface area contributed by atoms with Crippen molar-refractivity contribution >= 4 is 11.8 Å². The molecular weight excluding hydrogens is 244 g/mol. The Balaban J connectivity index is 2.32. The van der Waals surface area contributed by atoms with Crippen molar-refractivity contribution in [3.05, 3.63) is 0 Å². The number of amides is 2. The number of likely N-dealkylation sites (N-methyl/N-ethyl adjacent to an activating group) is 1. The molecule has 6 nitrogen and oxygen atoms in total. The van der Waals surface area contributed by atoms with Gasteiger partial charge in [0, 0.05) is 32.7 Å². The van der Waals surface area contributed by atoms with Crippen molar-refractivity contribution in [2.45, 2.75) is 32.7 Å². The zero-order chi connectivity index (χ0) is 14.3. The van der Waals surface area contributed by atoms with Crippen LogP contribution in [0, 0.1) is 0 Å². The lowest BCUT2D eigenvalue weighted by Gasteiger charge is -2.35. The number of hydrogen-bond donors (Lipinski definition) is 2. The van der Waals surface area contributed by atoms with Crippen LogP contribution in [-0.2, 0) is 9.59 Å². The van der Waals surface area contributed by atoms with Crippen molar-refractivity contribution in [3.8, 4) is 0 Å². The van der Waals surface area contributed by atoms with Crippen molar-refractivity contribution < 1.29 is 9.59 Å². The van der Waals surface area contributed by atoms with Crippen LogP contribution in [0.4, 0.5) is 0 Å². The van der Waals surface area contributed by atoms with Crippen molar-refractivity contribution in [2.75, 3.05) is 39.3 Å². The zero-order valence-corrected chi connectivity index (χ0v) is 12.0. The Morgan fingerprint density at radius 3 is 2.37 bits per heavy atom. The third kappa shape index (κ3) is 5.16. The van der Waals surface area contributed by atoms with E-state index in [0.717, 1.165) is 25.9 Å². The van der Waals surface area contributed by atoms with Crippen LogP contribution < -0.4 is 11.1 Å². The minimum absolute atomic E-state index is 0.0412. The fourth-order valence-corrected chi connectivity index (χ4v) is 2.25. The van der Waals surface area contributed by atoms with Crippen LogP contribution in [-0.4, -0.2) is 66.9 Å². The average molecular weight is 270 g/mol. The topological polar surface area (TPSA) is 78.7 Å². The second-order valence-electron chi connectivity index (χ2n) is 4.95. The maximum atomic E-state index is 12.0. The minimum Gasteiger partial charge on any atom is -0.355 e. The highest BCUT2D eigenvalue weighted by Crippen LogP contribution is 2.05. The van der Waals surface area contributed by atoms with Gasteiger partial charge >= 0.3 is 0 Å². The smallest absolute Gasteiger partial charge is 0.239 e. The molecule has 0 aromatic rings. The molecule has 1 atom stereocenters. The summed E-state index contributed by atoms with van der Waals surface area (Å²) >= 11 is 0. The maximum absolute atomic E-state index is 12.0. The second kappa shape index (κ2) is 8.12. The van der Waals surface area contributed by atoms with E-state index in [2.05, 4.69) is 10.2 Å². The molecule has 1 aliphatic rings. The number of piperazine rings is 1. The van der Waals surface area contributed by atoms with Crippen LogP contribution in [0.5, 0.6) is 0 Å². The summed E-state index contributed by atoms with van der Waals surface area (Å²) in [6.07, 6.45) is 1.65. The Morgan fingerprint density at radius 1 is 1.21 bits per heavy atom. The lowest BCUT2D eigenvalue weighted by Crippen LogP contribution is -2.54. The molecule has 0 spiro atoms. The Kier molecular flexibility index (Phi) is 6.80. The monoisotopic (exact) mass is 270 g/mol. The number of hydrogen-bond acceptors (Lipinski definition) is 4. The molecule has 0 aliphatic carbocycles. The fourth-order valence-electron chi connectivity index (χ4n) is 2.25. The van der Waals surface area contributed by atoms with Gasteiger partial charge in [-0.1, -0.05) is 13.3 Å². The number of nitrogens with zero attached hydrogens (tertiary/aromatic N) is 2. The van der Waals surface area contributed by atoms with Crippen molar-refractivity contribution in [1.82, 2.24) is 15.1 Å². The SMILES string of the molecule is CCC[C@H](N)C(=O)N1CCN(CC(=O)NCC)CC1. The van der Waals surface area contributed by atoms with Crippen molar-refractivity contribution in [1.29, 1.82) is 0 Å². The normalized spacial score (nSPS) is 18.2. The molecule has 2 amide bonds. The van der Waals surface area contributed by atoms with Gasteiger partial charge in [-0.15, -0.1) is 0 Å². The predicted molar refractivity (Wildman–Crippen MR) is 74.6 cm³/mol. The predicted octanol–water partition coefficient (Wildman–Crippen LogP) is -0.606. The molecule has 0 aromatic heterocycles. The summed E-state index contributed by atoms with van der Waals surface area (Å²) < 4.78 is 0. The summed E-state index contributed by atoms with van der Waals surface area (Å²) in [5.41, 5.74) is 5.84. The summed E-state index contributed by atoms with van der Waals surface area (Å²) in [6, 6.07) is -0.375. The fraction of sp³-hybridized carbons (Fsp3) is 0.846. The third-order valence-corrected chi connectivity index (χ3v) is 3.34. The van der Waals surface area contributed by atoms with E-state index < -0.39 is 0 Å². The first-order valence-corrected chi connectivity index (χ1v) is 7.11. The number of rotatable bonds is 6. The van der Waals surface area contributed by atoms with Gasteiger partial charge in [-0.05, 0) is 13.3 Å². The van der Waals surface area contributed by atoms with Gasteiger partial charge in [-0.25, -0.2) is 0 Å². The summed E-state index contributed by atoms with van der Waals surface area (Å²) in [7, 11) is 0. The number of nitrogens with one attached hydrogen (secondary N) is 1. The van der Waals surface area contributed by atoms with Crippen LogP contribution in [0.2, 0.25) is 0 Å². The molecule has 0 bridgehead atoms. The van der Waals surface area contributed by atoms with E-state index in [1.54, 1.807) is 0 Å². The van der Waals surface area contributed by atoms with Gasteiger partial charge in [-0.2, -0.15) is 0 Å². The largest absolute Gasteiger partial charge is 0.355 e. The molecule has 1 aliphatic heterocycles. The molecule has 0 unspecified atom stereocenters. The van der Waals surface area contributed by atoms with Crippen LogP contribution in [0.25, 0.3) is 0 Å². The first-order valence-electron chi connectivity index (χ1n) is 7.11. The van der Waals surface area contributed by atoms with Gasteiger partial charge in [0.2, 0.25) is 11.8 Å². The van der Waals surface area contributed by atoms with Gasteiger partial charge in [0.05, 0.1) is 12.6 Å². The second-order valence-corrected chi connectivity index (χ2v) is 4.95. The third-order valence-electron chi connectivity index (χ3n) is 3.34. The van der Waals surface area contributed by atoms with Crippen LogP contribution in [0.1, 0.15) is 26.7 Å². The van der Waals surface area contributed by atoms with E-state index in [4.69, 9.17) is 5.73 Å². The van der Waals surface area contributed by atoms with Crippen LogP contribution in [0.15, 0.2) is 0 Å². The van der Waals surface area contributed by atoms with Crippen LogP contribution in [0.3, 0.4) is 0 Å². The van der Waals surface area contributed by atoms with E-state index in [9.17, 15) is 9.59 Å². The average Bonchev–Trinajstić information content (AvgIpc) is 2.39. The number of nitrogens with two attached hydrogens (primary N) is 1. The first kappa shape index (κ1) is 15.9. The van der Waals surface area contributed by atoms with Gasteiger partial charge in [0.1, 0.15) is 0 Å². The molecule has 3 N–H and O–H groups in total. The van der Waals surface area contributed by atoms with Gasteiger partial charge in [-0.3, -0.25) is 14.5 Å². The van der Waals surface area contributed by atoms with Gasteiger partial charge in [0.15, 0.2) is 0 Å². The van der Waals surface area contributed by atoms with E-state index in [-0.39, 0.29) is 17.9 Å². The lowest BCUT2D eigenvalue weighted by atomic mass is 10.1. The molecule has 0 saturated carbocycles. The molecule has 1 heterocycles. The van der Waals surface area contributed by atoms with E-state index in [1.165, 1.54) is 0 Å². The molecular formula is C13H26N4O2. The molecule has 19 heavy (non-hydrogen) atoms. The van der Waals surface area contributed by atoms with Crippen molar-refractivity contribution in [2.24, 2.45) is 5.73 Å². The van der Waals surface area contributed by atoms with E-state index in [1.807, 2.05) is 18.7 Å². The molecule has 110 valence electrons. The lowest BCUT2D eigenvalue weighted by molar-refractivity contribution is -0.134. The number of carbonyl (C=O) groups excluding carboxylic acids is 2. The van der Waals surface area contributed by atoms with Crippen molar-refractivity contribution in [3.63, 3.8) is 0 Å². The highest BCUT2D eigenvalue weighted by atomic mass is 16.2. The first-order chi connectivity index (χ1) is 9.08. The molecule has 0 radical (unpaired) electrons. The Labute approximate surface area is 115 Å². The van der Waals surface area contributed by atoms with Crippen LogP contribution >= 0.6 is 0 Å². The Bertz CT molecular complexity index is 301. The molecule has 1 rings (SSSR count). The van der Waals surface area contributed by atoms with Gasteiger partial charge in [0.25, 0.3) is 0 Å². The summed E-state index contributed by atoms with van der Waals surface area (Å²) in [5, 5.41) is 2.78. The molecule has 0 aromatic carbocycles. The summed E-state index contributed by atoms with van der Waals surface area (Å²) in [6.45, 7) is 7.80. The zero-order valence-electron chi connectivity index (χ0n) is 12.0. The van der Waals surface area contributed by atoms with E-state index in [0.29, 0.717) is 26.2 Å². The highest BCUT2D eigenvalue weighted by molar-refractivity contribution is 5.81. The Morgan fingerprint density at radius 2 is 1.84 bits per heavy atom. The molecule has 6 heteroatoms. The van der Waals surface area contributed by atoms with E-state index >= 15 is 0 Å². The quantitative estimate of drug-likeness (QED) is 0.675.